The Hall–Kier alpha value is -5.51. The summed E-state index contributed by atoms with van der Waals surface area (Å²) in [5, 5.41) is 0. The zero-order chi connectivity index (χ0) is 36.7. The third-order valence-electron chi connectivity index (χ3n) is 8.95. The van der Waals surface area contributed by atoms with Crippen LogP contribution in [0, 0.1) is 0 Å². The third kappa shape index (κ3) is 8.01. The highest BCUT2D eigenvalue weighted by molar-refractivity contribution is 7.91. The molecule has 2 atom stereocenters. The van der Waals surface area contributed by atoms with Gasteiger partial charge < -0.3 is 9.47 Å². The minimum Gasteiger partial charge on any atom is -0.489 e. The van der Waals surface area contributed by atoms with E-state index in [4.69, 9.17) is 9.47 Å². The summed E-state index contributed by atoms with van der Waals surface area (Å²) < 4.78 is 67.3. The fourth-order valence-corrected chi connectivity index (χ4v) is 8.58. The molecule has 0 fully saturated rings. The number of benzene rings is 6. The molecule has 0 saturated heterocycles. The summed E-state index contributed by atoms with van der Waals surface area (Å²) in [6, 6.07) is 44.4. The minimum absolute atomic E-state index is 0.0240. The van der Waals surface area contributed by atoms with Crippen LogP contribution in [0.3, 0.4) is 0 Å². The SMILES string of the molecule is CC(C(=O)C(C)c1cc(S(=O)(=O)c2ccccc2)ccc1OCc1ccccc1)c1cc(S(=O)(=O)c2ccccc2)ccc1OCc1ccccc1. The van der Waals surface area contributed by atoms with Crippen LogP contribution >= 0.6 is 0 Å². The molecule has 0 aliphatic carbocycles. The van der Waals surface area contributed by atoms with Crippen LogP contribution in [0.15, 0.2) is 177 Å². The van der Waals surface area contributed by atoms with E-state index in [1.165, 1.54) is 48.5 Å². The van der Waals surface area contributed by atoms with E-state index < -0.39 is 31.5 Å². The van der Waals surface area contributed by atoms with Gasteiger partial charge in [-0.25, -0.2) is 16.8 Å². The molecule has 6 aromatic carbocycles. The Bertz CT molecular complexity index is 2190. The van der Waals surface area contributed by atoms with Crippen molar-refractivity contribution in [3.8, 4) is 11.5 Å². The first kappa shape index (κ1) is 36.3. The Balaban J connectivity index is 1.39. The molecule has 0 saturated carbocycles. The number of rotatable bonds is 14. The zero-order valence-corrected chi connectivity index (χ0v) is 30.4. The molecular weight excluding hydrogens is 693 g/mol. The number of sulfone groups is 2. The molecule has 0 radical (unpaired) electrons. The highest BCUT2D eigenvalue weighted by Gasteiger charge is 2.31. The molecule has 9 heteroatoms. The van der Waals surface area contributed by atoms with Gasteiger partial charge in [-0.15, -0.1) is 0 Å². The number of carbonyl (C=O) groups is 1. The van der Waals surface area contributed by atoms with Crippen LogP contribution in [0.2, 0.25) is 0 Å². The van der Waals surface area contributed by atoms with Crippen molar-refractivity contribution in [1.82, 2.24) is 0 Å². The second kappa shape index (κ2) is 15.8. The number of Topliss-reactive ketones (excluding diaryl/α,β-unsaturated/α-hetero) is 1. The van der Waals surface area contributed by atoms with Gasteiger partial charge in [0.05, 0.1) is 19.6 Å². The molecule has 0 amide bonds. The van der Waals surface area contributed by atoms with Crippen LogP contribution in [0.1, 0.15) is 47.9 Å². The number of hydrogen-bond acceptors (Lipinski definition) is 7. The quantitative estimate of drug-likeness (QED) is 0.110. The molecule has 0 aromatic heterocycles. The number of carbonyl (C=O) groups excluding carboxylic acids is 1. The molecule has 0 aliphatic rings. The van der Waals surface area contributed by atoms with Crippen LogP contribution in [0.4, 0.5) is 0 Å². The van der Waals surface area contributed by atoms with E-state index in [0.29, 0.717) is 22.6 Å². The lowest BCUT2D eigenvalue weighted by Crippen LogP contribution is -2.19. The average molecular weight is 731 g/mol. The van der Waals surface area contributed by atoms with E-state index >= 15 is 0 Å². The van der Waals surface area contributed by atoms with Crippen molar-refractivity contribution in [3.05, 3.63) is 180 Å². The monoisotopic (exact) mass is 730 g/mol. The van der Waals surface area contributed by atoms with E-state index in [0.717, 1.165) is 11.1 Å². The third-order valence-corrected chi connectivity index (χ3v) is 12.5. The van der Waals surface area contributed by atoms with Gasteiger partial charge in [-0.3, -0.25) is 4.79 Å². The molecule has 7 nitrogen and oxygen atoms in total. The van der Waals surface area contributed by atoms with E-state index in [1.807, 2.05) is 60.7 Å². The van der Waals surface area contributed by atoms with E-state index in [9.17, 15) is 21.6 Å². The molecule has 0 bridgehead atoms. The lowest BCUT2D eigenvalue weighted by atomic mass is 9.85. The van der Waals surface area contributed by atoms with Gasteiger partial charge in [-0.05, 0) is 71.8 Å². The highest BCUT2D eigenvalue weighted by Crippen LogP contribution is 2.39. The van der Waals surface area contributed by atoms with Crippen molar-refractivity contribution in [2.75, 3.05) is 0 Å². The first-order valence-corrected chi connectivity index (χ1v) is 19.8. The van der Waals surface area contributed by atoms with Gasteiger partial charge in [0.2, 0.25) is 19.7 Å². The smallest absolute Gasteiger partial charge is 0.206 e. The van der Waals surface area contributed by atoms with Crippen LogP contribution in [-0.4, -0.2) is 22.6 Å². The summed E-state index contributed by atoms with van der Waals surface area (Å²) >= 11 is 0. The van der Waals surface area contributed by atoms with Crippen molar-refractivity contribution < 1.29 is 31.1 Å². The second-order valence-corrected chi connectivity index (χ2v) is 16.3. The molecule has 0 aliphatic heterocycles. The summed E-state index contributed by atoms with van der Waals surface area (Å²) in [5.74, 6) is -1.27. The van der Waals surface area contributed by atoms with Crippen LogP contribution in [0.25, 0.3) is 0 Å². The standard InChI is InChI=1S/C43H38O7S2/c1-31(39-27-37(51(45,46)35-19-11-5-12-20-35)23-25-41(39)49-29-33-15-7-3-8-16-33)43(44)32(2)40-28-38(52(47,48)36-21-13-6-14-22-36)24-26-42(40)50-30-34-17-9-4-10-18-34/h3-28,31-32H,29-30H2,1-2H3. The van der Waals surface area contributed by atoms with Gasteiger partial charge in [0.1, 0.15) is 30.5 Å². The summed E-state index contributed by atoms with van der Waals surface area (Å²) in [5.41, 5.74) is 2.59. The predicted molar refractivity (Wildman–Crippen MR) is 200 cm³/mol. The molecule has 264 valence electrons. The van der Waals surface area contributed by atoms with Crippen molar-refractivity contribution >= 4 is 25.5 Å². The van der Waals surface area contributed by atoms with Gasteiger partial charge in [-0.1, -0.05) is 111 Å². The second-order valence-electron chi connectivity index (χ2n) is 12.4. The lowest BCUT2D eigenvalue weighted by Gasteiger charge is -2.23. The molecule has 6 aromatic rings. The maximum atomic E-state index is 14.5. The number of hydrogen-bond donors (Lipinski definition) is 0. The first-order valence-electron chi connectivity index (χ1n) is 16.8. The van der Waals surface area contributed by atoms with Crippen LogP contribution in [0.5, 0.6) is 11.5 Å². The molecule has 52 heavy (non-hydrogen) atoms. The first-order chi connectivity index (χ1) is 25.1. The fourth-order valence-electron chi connectivity index (χ4n) is 5.95. The summed E-state index contributed by atoms with van der Waals surface area (Å²) in [6.07, 6.45) is 0. The maximum absolute atomic E-state index is 14.5. The fraction of sp³-hybridized carbons (Fsp3) is 0.140. The van der Waals surface area contributed by atoms with Crippen molar-refractivity contribution in [3.63, 3.8) is 0 Å². The number of ether oxygens (including phenoxy) is 2. The topological polar surface area (TPSA) is 104 Å². The van der Waals surface area contributed by atoms with Crippen molar-refractivity contribution in [1.29, 1.82) is 0 Å². The predicted octanol–water partition coefficient (Wildman–Crippen LogP) is 8.99. The summed E-state index contributed by atoms with van der Waals surface area (Å²) in [7, 11) is -7.84. The molecule has 0 spiro atoms. The molecule has 6 rings (SSSR count). The van der Waals surface area contributed by atoms with Crippen molar-refractivity contribution in [2.24, 2.45) is 0 Å². The Kier molecular flexibility index (Phi) is 11.0. The van der Waals surface area contributed by atoms with E-state index in [-0.39, 0.29) is 38.6 Å². The van der Waals surface area contributed by atoms with Crippen molar-refractivity contribution in [2.45, 2.75) is 58.5 Å². The number of ketones is 1. The summed E-state index contributed by atoms with van der Waals surface area (Å²) in [6.45, 7) is 3.81. The molecule has 0 N–H and O–H groups in total. The zero-order valence-electron chi connectivity index (χ0n) is 28.8. The average Bonchev–Trinajstić information content (AvgIpc) is 3.19. The normalized spacial score (nSPS) is 12.8. The summed E-state index contributed by atoms with van der Waals surface area (Å²) in [4.78, 5) is 14.9. The Morgan fingerprint density at radius 1 is 0.462 bits per heavy atom. The van der Waals surface area contributed by atoms with Gasteiger partial charge >= 0.3 is 0 Å². The Labute approximate surface area is 305 Å². The molecule has 0 heterocycles. The minimum atomic E-state index is -3.92. The molecular formula is C43H38O7S2. The van der Waals surface area contributed by atoms with Crippen LogP contribution in [-0.2, 0) is 37.7 Å². The van der Waals surface area contributed by atoms with Gasteiger partial charge in [0.15, 0.2) is 0 Å². The lowest BCUT2D eigenvalue weighted by molar-refractivity contribution is -0.121. The Morgan fingerprint density at radius 3 is 1.13 bits per heavy atom. The largest absolute Gasteiger partial charge is 0.489 e. The van der Waals surface area contributed by atoms with E-state index in [1.54, 1.807) is 62.4 Å². The van der Waals surface area contributed by atoms with Gasteiger partial charge in [0.25, 0.3) is 0 Å². The molecule has 2 unspecified atom stereocenters. The van der Waals surface area contributed by atoms with E-state index in [2.05, 4.69) is 0 Å². The maximum Gasteiger partial charge on any atom is 0.206 e. The van der Waals surface area contributed by atoms with Gasteiger partial charge in [0, 0.05) is 23.0 Å². The highest BCUT2D eigenvalue weighted by atomic mass is 32.2. The van der Waals surface area contributed by atoms with Crippen LogP contribution < -0.4 is 9.47 Å². The van der Waals surface area contributed by atoms with Gasteiger partial charge in [-0.2, -0.15) is 0 Å². The Morgan fingerprint density at radius 2 is 0.788 bits per heavy atom.